The second kappa shape index (κ2) is 5.29. The molecule has 0 saturated heterocycles. The summed E-state index contributed by atoms with van der Waals surface area (Å²) in [6.45, 7) is 2.19. The summed E-state index contributed by atoms with van der Waals surface area (Å²) in [5.41, 5.74) is 2.50. The minimum atomic E-state index is -0.232. The number of benzene rings is 1. The van der Waals surface area contributed by atoms with E-state index in [9.17, 15) is 4.79 Å². The Hall–Kier alpha value is -1.81. The van der Waals surface area contributed by atoms with Crippen LogP contribution in [0.5, 0.6) is 0 Å². The number of nitrogens with zero attached hydrogens (tertiary/aromatic N) is 1. The summed E-state index contributed by atoms with van der Waals surface area (Å²) in [7, 11) is 0. The molecule has 1 N–H and O–H groups in total. The van der Waals surface area contributed by atoms with E-state index in [1.165, 1.54) is 0 Å². The molecule has 1 heterocycles. The number of nitrogens with one attached hydrogen (secondary N) is 1. The smallest absolute Gasteiger partial charge is 0.258 e. The van der Waals surface area contributed by atoms with Crippen molar-refractivity contribution in [3.8, 4) is 0 Å². The molecule has 0 aliphatic heterocycles. The number of hydrogen-bond acceptors (Lipinski definition) is 3. The lowest BCUT2D eigenvalue weighted by atomic mass is 9.89. The van der Waals surface area contributed by atoms with Gasteiger partial charge in [0.15, 0.2) is 0 Å². The Bertz CT molecular complexity index is 651. The maximum Gasteiger partial charge on any atom is 0.258 e. The normalized spacial score (nSPS) is 17.6. The minimum Gasteiger partial charge on any atom is -0.338 e. The molecule has 0 radical (unpaired) electrons. The Morgan fingerprint density at radius 1 is 1.50 bits per heavy atom. The lowest BCUT2D eigenvalue weighted by molar-refractivity contribution is 0.102. The first-order valence-electron chi connectivity index (χ1n) is 6.68. The van der Waals surface area contributed by atoms with Crippen LogP contribution in [0.2, 0.25) is 5.02 Å². The SMILES string of the molecule is C[C@@H]1CCc2noc(NC(=O)c3cccc(Cl)c3)c2C1. The van der Waals surface area contributed by atoms with Crippen molar-refractivity contribution in [3.63, 3.8) is 0 Å². The third kappa shape index (κ3) is 2.56. The highest BCUT2D eigenvalue weighted by molar-refractivity contribution is 6.31. The molecule has 1 aliphatic carbocycles. The quantitative estimate of drug-likeness (QED) is 0.917. The van der Waals surface area contributed by atoms with Gasteiger partial charge in [-0.3, -0.25) is 10.1 Å². The molecule has 1 aromatic heterocycles. The molecule has 0 spiro atoms. The van der Waals surface area contributed by atoms with E-state index in [0.717, 1.165) is 30.5 Å². The van der Waals surface area contributed by atoms with Crippen molar-refractivity contribution in [2.24, 2.45) is 5.92 Å². The molecule has 0 bridgehead atoms. The van der Waals surface area contributed by atoms with E-state index >= 15 is 0 Å². The van der Waals surface area contributed by atoms with Gasteiger partial charge in [-0.1, -0.05) is 29.7 Å². The minimum absolute atomic E-state index is 0.232. The van der Waals surface area contributed by atoms with Crippen LogP contribution in [0.1, 0.15) is 35.0 Å². The molecular formula is C15H15ClN2O2. The van der Waals surface area contributed by atoms with Gasteiger partial charge in [0.2, 0.25) is 5.88 Å². The first kappa shape index (κ1) is 13.2. The number of aromatic nitrogens is 1. The maximum atomic E-state index is 12.2. The van der Waals surface area contributed by atoms with E-state index in [4.69, 9.17) is 16.1 Å². The van der Waals surface area contributed by atoms with Crippen LogP contribution in [0.4, 0.5) is 5.88 Å². The Kier molecular flexibility index (Phi) is 3.49. The monoisotopic (exact) mass is 290 g/mol. The lowest BCUT2D eigenvalue weighted by Crippen LogP contribution is -2.15. The molecule has 4 nitrogen and oxygen atoms in total. The van der Waals surface area contributed by atoms with Crippen molar-refractivity contribution < 1.29 is 9.32 Å². The number of anilines is 1. The number of halogens is 1. The van der Waals surface area contributed by atoms with Crippen LogP contribution >= 0.6 is 11.6 Å². The Balaban J connectivity index is 1.82. The molecule has 5 heteroatoms. The largest absolute Gasteiger partial charge is 0.338 e. The Morgan fingerprint density at radius 2 is 2.35 bits per heavy atom. The van der Waals surface area contributed by atoms with Crippen LogP contribution in [0, 0.1) is 5.92 Å². The summed E-state index contributed by atoms with van der Waals surface area (Å²) in [6, 6.07) is 6.82. The summed E-state index contributed by atoms with van der Waals surface area (Å²) < 4.78 is 5.27. The van der Waals surface area contributed by atoms with Crippen molar-refractivity contribution in [2.45, 2.75) is 26.2 Å². The number of carbonyl (C=O) groups excluding carboxylic acids is 1. The van der Waals surface area contributed by atoms with Gasteiger partial charge in [0.25, 0.3) is 5.91 Å². The van der Waals surface area contributed by atoms with Crippen LogP contribution < -0.4 is 5.32 Å². The second-order valence-electron chi connectivity index (χ2n) is 5.25. The lowest BCUT2D eigenvalue weighted by Gasteiger charge is -2.16. The van der Waals surface area contributed by atoms with Crippen molar-refractivity contribution in [2.75, 3.05) is 5.32 Å². The number of fused-ring (bicyclic) bond motifs is 1. The van der Waals surface area contributed by atoms with Gasteiger partial charge in [-0.05, 0) is 43.4 Å². The van der Waals surface area contributed by atoms with Crippen LogP contribution in [-0.4, -0.2) is 11.1 Å². The zero-order valence-electron chi connectivity index (χ0n) is 11.1. The van der Waals surface area contributed by atoms with Gasteiger partial charge in [0.1, 0.15) is 0 Å². The first-order chi connectivity index (χ1) is 9.63. The predicted molar refractivity (Wildman–Crippen MR) is 77.1 cm³/mol. The summed E-state index contributed by atoms with van der Waals surface area (Å²) in [5.74, 6) is 0.824. The maximum absolute atomic E-state index is 12.2. The summed E-state index contributed by atoms with van der Waals surface area (Å²) >= 11 is 5.89. The van der Waals surface area contributed by atoms with Crippen LogP contribution in [0.15, 0.2) is 28.8 Å². The van der Waals surface area contributed by atoms with Gasteiger partial charge in [-0.15, -0.1) is 0 Å². The molecule has 3 rings (SSSR count). The molecule has 1 aliphatic rings. The number of rotatable bonds is 2. The number of aryl methyl sites for hydroxylation is 1. The molecule has 1 amide bonds. The zero-order valence-corrected chi connectivity index (χ0v) is 11.9. The topological polar surface area (TPSA) is 55.1 Å². The summed E-state index contributed by atoms with van der Waals surface area (Å²) in [6.07, 6.45) is 2.91. The zero-order chi connectivity index (χ0) is 14.1. The van der Waals surface area contributed by atoms with Gasteiger partial charge >= 0.3 is 0 Å². The summed E-state index contributed by atoms with van der Waals surface area (Å²) in [5, 5.41) is 7.36. The van der Waals surface area contributed by atoms with Crippen LogP contribution in [0.25, 0.3) is 0 Å². The highest BCUT2D eigenvalue weighted by Crippen LogP contribution is 2.30. The summed E-state index contributed by atoms with van der Waals surface area (Å²) in [4.78, 5) is 12.2. The highest BCUT2D eigenvalue weighted by atomic mass is 35.5. The standard InChI is InChI=1S/C15H15ClN2O2/c1-9-5-6-13-12(7-9)15(20-18-13)17-14(19)10-3-2-4-11(16)8-10/h2-4,8-9H,5-7H2,1H3,(H,17,19)/t9-/m1/s1. The van der Waals surface area contributed by atoms with E-state index in [2.05, 4.69) is 17.4 Å². The van der Waals surface area contributed by atoms with Gasteiger partial charge < -0.3 is 4.52 Å². The van der Waals surface area contributed by atoms with E-state index in [1.807, 2.05) is 0 Å². The van der Waals surface area contributed by atoms with E-state index < -0.39 is 0 Å². The molecule has 1 atom stereocenters. The molecule has 104 valence electrons. The van der Waals surface area contributed by atoms with E-state index in [1.54, 1.807) is 24.3 Å². The number of hydrogen-bond donors (Lipinski definition) is 1. The molecule has 0 fully saturated rings. The number of amides is 1. The van der Waals surface area contributed by atoms with Crippen LogP contribution in [-0.2, 0) is 12.8 Å². The predicted octanol–water partition coefficient (Wildman–Crippen LogP) is 3.71. The van der Waals surface area contributed by atoms with Gasteiger partial charge in [0, 0.05) is 16.1 Å². The fraction of sp³-hybridized carbons (Fsp3) is 0.333. The Labute approximate surface area is 122 Å². The van der Waals surface area contributed by atoms with E-state index in [-0.39, 0.29) is 5.91 Å². The average molecular weight is 291 g/mol. The van der Waals surface area contributed by atoms with Crippen molar-refractivity contribution in [1.82, 2.24) is 5.16 Å². The highest BCUT2D eigenvalue weighted by Gasteiger charge is 2.24. The molecule has 0 saturated carbocycles. The van der Waals surface area contributed by atoms with Crippen LogP contribution in [0.3, 0.4) is 0 Å². The third-order valence-electron chi connectivity index (χ3n) is 3.61. The molecule has 20 heavy (non-hydrogen) atoms. The fourth-order valence-corrected chi connectivity index (χ4v) is 2.68. The molecule has 2 aromatic rings. The molecular weight excluding hydrogens is 276 g/mol. The average Bonchev–Trinajstić information content (AvgIpc) is 2.81. The molecule has 0 unspecified atom stereocenters. The first-order valence-corrected chi connectivity index (χ1v) is 7.05. The fourth-order valence-electron chi connectivity index (χ4n) is 2.49. The van der Waals surface area contributed by atoms with Crippen molar-refractivity contribution >= 4 is 23.4 Å². The van der Waals surface area contributed by atoms with Gasteiger partial charge in [0.05, 0.1) is 5.69 Å². The van der Waals surface area contributed by atoms with Crippen molar-refractivity contribution in [1.29, 1.82) is 0 Å². The number of carbonyl (C=O) groups is 1. The van der Waals surface area contributed by atoms with Gasteiger partial charge in [-0.2, -0.15) is 0 Å². The van der Waals surface area contributed by atoms with E-state index in [0.29, 0.717) is 22.4 Å². The van der Waals surface area contributed by atoms with Crippen molar-refractivity contribution in [3.05, 3.63) is 46.1 Å². The molecule has 1 aromatic carbocycles. The van der Waals surface area contributed by atoms with Gasteiger partial charge in [-0.25, -0.2) is 0 Å². The third-order valence-corrected chi connectivity index (χ3v) is 3.85. The second-order valence-corrected chi connectivity index (χ2v) is 5.69. The Morgan fingerprint density at radius 3 is 3.15 bits per heavy atom.